The number of nitrogens with zero attached hydrogens (tertiary/aromatic N) is 3. The van der Waals surface area contributed by atoms with Crippen molar-refractivity contribution in [2.75, 3.05) is 11.5 Å². The number of aliphatic hydroxyl groups is 1. The molecule has 1 unspecified atom stereocenters. The van der Waals surface area contributed by atoms with Gasteiger partial charge in [-0.25, -0.2) is 4.98 Å². The second-order valence-corrected chi connectivity index (χ2v) is 9.65. The predicted molar refractivity (Wildman–Crippen MR) is 135 cm³/mol. The summed E-state index contributed by atoms with van der Waals surface area (Å²) in [5.74, 6) is -0.699. The van der Waals surface area contributed by atoms with Gasteiger partial charge in [-0.15, -0.1) is 0 Å². The van der Waals surface area contributed by atoms with E-state index in [-0.39, 0.29) is 11.3 Å². The predicted octanol–water partition coefficient (Wildman–Crippen LogP) is 5.35. The largest absolute Gasteiger partial charge is 0.507 e. The van der Waals surface area contributed by atoms with E-state index in [4.69, 9.17) is 4.74 Å². The number of para-hydroxylation sites is 1. The lowest BCUT2D eigenvalue weighted by Gasteiger charge is -2.22. The van der Waals surface area contributed by atoms with Crippen LogP contribution in [0.2, 0.25) is 0 Å². The topological polar surface area (TPSA) is 92.6 Å². The van der Waals surface area contributed by atoms with Crippen LogP contribution in [0.5, 0.6) is 5.75 Å². The second-order valence-electron chi connectivity index (χ2n) is 8.64. The highest BCUT2D eigenvalue weighted by atomic mass is 32.1. The van der Waals surface area contributed by atoms with E-state index < -0.39 is 17.7 Å². The zero-order valence-electron chi connectivity index (χ0n) is 19.2. The molecular formula is C27H23N3O4S. The van der Waals surface area contributed by atoms with Gasteiger partial charge in [0.1, 0.15) is 11.5 Å². The van der Waals surface area contributed by atoms with Gasteiger partial charge in [0, 0.05) is 18.0 Å². The van der Waals surface area contributed by atoms with Crippen molar-refractivity contribution in [3.63, 3.8) is 0 Å². The summed E-state index contributed by atoms with van der Waals surface area (Å²) in [5, 5.41) is 11.7. The van der Waals surface area contributed by atoms with Crippen LogP contribution in [0, 0.1) is 5.92 Å². The minimum absolute atomic E-state index is 0.0105. The van der Waals surface area contributed by atoms with Crippen LogP contribution in [0.3, 0.4) is 0 Å². The monoisotopic (exact) mass is 485 g/mol. The summed E-state index contributed by atoms with van der Waals surface area (Å²) in [4.78, 5) is 36.6. The fraction of sp³-hybridized carbons (Fsp3) is 0.185. The first-order valence-electron chi connectivity index (χ1n) is 11.2. The number of thiazole rings is 1. The van der Waals surface area contributed by atoms with E-state index >= 15 is 0 Å². The molecule has 1 amide bonds. The Morgan fingerprint density at radius 2 is 1.77 bits per heavy atom. The number of hydrogen-bond acceptors (Lipinski definition) is 7. The molecule has 3 heterocycles. The SMILES string of the molecule is CC(C)COc1ccc(/C(O)=C2\C(=O)C(=O)N(c3nc4ccccc4s3)C2c2ccncc2)cc1. The van der Waals surface area contributed by atoms with Gasteiger partial charge in [-0.3, -0.25) is 19.5 Å². The number of pyridine rings is 1. The lowest BCUT2D eigenvalue weighted by molar-refractivity contribution is -0.132. The molecule has 0 bridgehead atoms. The quantitative estimate of drug-likeness (QED) is 0.225. The van der Waals surface area contributed by atoms with Crippen molar-refractivity contribution >= 4 is 44.1 Å². The molecule has 1 aliphatic heterocycles. The van der Waals surface area contributed by atoms with Gasteiger partial charge >= 0.3 is 5.91 Å². The molecule has 8 heteroatoms. The standard InChI is InChI=1S/C27H23N3O4S/c1-16(2)15-34-19-9-7-18(8-10-19)24(31)22-23(17-11-13-28-14-12-17)30(26(33)25(22)32)27-29-20-5-3-4-6-21(20)35-27/h3-14,16,23,31H,15H2,1-2H3/b24-22+. The number of fused-ring (bicyclic) bond motifs is 1. The molecule has 176 valence electrons. The lowest BCUT2D eigenvalue weighted by Crippen LogP contribution is -2.29. The number of aliphatic hydroxyl groups excluding tert-OH is 1. The molecule has 4 aromatic rings. The lowest BCUT2D eigenvalue weighted by atomic mass is 9.96. The number of anilines is 1. The van der Waals surface area contributed by atoms with Gasteiger partial charge in [-0.2, -0.15) is 0 Å². The first-order chi connectivity index (χ1) is 16.9. The van der Waals surface area contributed by atoms with Gasteiger partial charge < -0.3 is 9.84 Å². The maximum atomic E-state index is 13.3. The molecule has 0 radical (unpaired) electrons. The molecule has 0 spiro atoms. The molecule has 1 aliphatic rings. The van der Waals surface area contributed by atoms with Crippen molar-refractivity contribution in [2.45, 2.75) is 19.9 Å². The van der Waals surface area contributed by atoms with Crippen LogP contribution in [0.15, 0.2) is 78.6 Å². The molecule has 1 atom stereocenters. The Kier molecular flexibility index (Phi) is 6.05. The minimum Gasteiger partial charge on any atom is -0.507 e. The Morgan fingerprint density at radius 3 is 2.46 bits per heavy atom. The Balaban J connectivity index is 1.61. The molecule has 0 aliphatic carbocycles. The Bertz CT molecular complexity index is 1390. The minimum atomic E-state index is -0.838. The van der Waals surface area contributed by atoms with Gasteiger partial charge in [0.25, 0.3) is 5.78 Å². The molecule has 5 rings (SSSR count). The maximum Gasteiger partial charge on any atom is 0.301 e. The second kappa shape index (κ2) is 9.31. The number of amides is 1. The molecule has 1 N–H and O–H groups in total. The van der Waals surface area contributed by atoms with E-state index in [2.05, 4.69) is 23.8 Å². The molecule has 1 fully saturated rings. The van der Waals surface area contributed by atoms with Crippen molar-refractivity contribution in [1.82, 2.24) is 9.97 Å². The maximum absolute atomic E-state index is 13.3. The van der Waals surface area contributed by atoms with E-state index in [9.17, 15) is 14.7 Å². The highest BCUT2D eigenvalue weighted by molar-refractivity contribution is 7.22. The summed E-state index contributed by atoms with van der Waals surface area (Å²) in [6.45, 7) is 4.69. The molecule has 1 saturated heterocycles. The number of benzene rings is 2. The molecule has 2 aromatic carbocycles. The number of ketones is 1. The third-order valence-corrected chi connectivity index (χ3v) is 6.70. The Morgan fingerprint density at radius 1 is 1.06 bits per heavy atom. The molecule has 35 heavy (non-hydrogen) atoms. The summed E-state index contributed by atoms with van der Waals surface area (Å²) >= 11 is 1.32. The van der Waals surface area contributed by atoms with Crippen LogP contribution in [0.1, 0.15) is 31.0 Å². The highest BCUT2D eigenvalue weighted by Crippen LogP contribution is 2.44. The highest BCUT2D eigenvalue weighted by Gasteiger charge is 2.48. The van der Waals surface area contributed by atoms with E-state index in [0.717, 1.165) is 10.2 Å². The number of aromatic nitrogens is 2. The summed E-state index contributed by atoms with van der Waals surface area (Å²) in [6, 6.07) is 17.0. The Hall–Kier alpha value is -4.04. The number of hydrogen-bond donors (Lipinski definition) is 1. The molecular weight excluding hydrogens is 462 g/mol. The number of ether oxygens (including phenoxy) is 1. The van der Waals surface area contributed by atoms with Gasteiger partial charge in [0.05, 0.1) is 28.4 Å². The van der Waals surface area contributed by atoms with Gasteiger partial charge in [-0.05, 0) is 60.0 Å². The van der Waals surface area contributed by atoms with E-state index in [1.54, 1.807) is 48.8 Å². The zero-order valence-corrected chi connectivity index (χ0v) is 20.0. The summed E-state index contributed by atoms with van der Waals surface area (Å²) in [5.41, 5.74) is 1.82. The first kappa shape index (κ1) is 22.7. The average molecular weight is 486 g/mol. The Labute approximate surface area is 206 Å². The van der Waals surface area contributed by atoms with Gasteiger partial charge in [0.15, 0.2) is 5.13 Å². The van der Waals surface area contributed by atoms with E-state index in [1.165, 1.54) is 16.2 Å². The van der Waals surface area contributed by atoms with Crippen LogP contribution in [-0.4, -0.2) is 33.4 Å². The van der Waals surface area contributed by atoms with Crippen LogP contribution in [0.4, 0.5) is 5.13 Å². The van der Waals surface area contributed by atoms with Crippen molar-refractivity contribution in [3.05, 3.63) is 89.8 Å². The molecule has 0 saturated carbocycles. The van der Waals surface area contributed by atoms with E-state index in [0.29, 0.717) is 34.5 Å². The number of carbonyl (C=O) groups excluding carboxylic acids is 2. The number of rotatable bonds is 6. The average Bonchev–Trinajstić information content (AvgIpc) is 3.41. The summed E-state index contributed by atoms with van der Waals surface area (Å²) in [7, 11) is 0. The smallest absolute Gasteiger partial charge is 0.301 e. The normalized spacial score (nSPS) is 17.5. The third-order valence-electron chi connectivity index (χ3n) is 5.67. The fourth-order valence-corrected chi connectivity index (χ4v) is 4.97. The van der Waals surface area contributed by atoms with Crippen LogP contribution in [-0.2, 0) is 9.59 Å². The molecule has 2 aromatic heterocycles. The van der Waals surface area contributed by atoms with Crippen molar-refractivity contribution < 1.29 is 19.4 Å². The van der Waals surface area contributed by atoms with Crippen molar-refractivity contribution in [3.8, 4) is 5.75 Å². The van der Waals surface area contributed by atoms with E-state index in [1.807, 2.05) is 24.3 Å². The van der Waals surface area contributed by atoms with Crippen LogP contribution < -0.4 is 9.64 Å². The number of Topliss-reactive ketones (excluding diaryl/α,β-unsaturated/α-hetero) is 1. The van der Waals surface area contributed by atoms with Crippen molar-refractivity contribution in [1.29, 1.82) is 0 Å². The molecule has 7 nitrogen and oxygen atoms in total. The summed E-state index contributed by atoms with van der Waals surface area (Å²) < 4.78 is 6.62. The number of carbonyl (C=O) groups is 2. The zero-order chi connectivity index (χ0) is 24.5. The summed E-state index contributed by atoms with van der Waals surface area (Å²) in [6.07, 6.45) is 3.18. The van der Waals surface area contributed by atoms with Gasteiger partial charge in [-0.1, -0.05) is 37.3 Å². The third kappa shape index (κ3) is 4.28. The van der Waals surface area contributed by atoms with Crippen LogP contribution >= 0.6 is 11.3 Å². The first-order valence-corrected chi connectivity index (χ1v) is 12.1. The van der Waals surface area contributed by atoms with Crippen molar-refractivity contribution in [2.24, 2.45) is 5.92 Å². The van der Waals surface area contributed by atoms with Crippen LogP contribution in [0.25, 0.3) is 16.0 Å². The fourth-order valence-electron chi connectivity index (χ4n) is 3.98. The van der Waals surface area contributed by atoms with Gasteiger partial charge in [0.2, 0.25) is 0 Å².